The third kappa shape index (κ3) is 2.75. The van der Waals surface area contributed by atoms with Gasteiger partial charge in [-0.1, -0.05) is 11.3 Å². The molecule has 1 N–H and O–H groups in total. The monoisotopic (exact) mass is 318 g/mol. The number of halogens is 2. The van der Waals surface area contributed by atoms with Crippen molar-refractivity contribution in [3.05, 3.63) is 32.4 Å². The van der Waals surface area contributed by atoms with Gasteiger partial charge in [0.2, 0.25) is 9.47 Å². The molecule has 0 atom stereocenters. The first-order chi connectivity index (χ1) is 7.65. The first-order valence-corrected chi connectivity index (χ1v) is 6.06. The molecule has 8 heteroatoms. The van der Waals surface area contributed by atoms with Gasteiger partial charge in [-0.3, -0.25) is 4.79 Å². The van der Waals surface area contributed by atoms with Crippen LogP contribution in [-0.4, -0.2) is 21.1 Å². The zero-order valence-electron chi connectivity index (χ0n) is 7.65. The highest BCUT2D eigenvalue weighted by Crippen LogP contribution is 2.17. The molecule has 0 spiro atoms. The molecule has 0 saturated carbocycles. The second kappa shape index (κ2) is 4.86. The zero-order valence-corrected chi connectivity index (χ0v) is 10.8. The normalized spacial score (nSPS) is 10.1. The Balaban J connectivity index is 2.10. The van der Waals surface area contributed by atoms with Crippen LogP contribution in [0.2, 0.25) is 4.47 Å². The number of hydrogen-bond donors (Lipinski definition) is 1. The lowest BCUT2D eigenvalue weighted by atomic mass is 10.4. The molecular weight excluding hydrogens is 316 g/mol. The van der Waals surface area contributed by atoms with E-state index < -0.39 is 0 Å². The van der Waals surface area contributed by atoms with Gasteiger partial charge >= 0.3 is 0 Å². The minimum absolute atomic E-state index is 0.216. The first-order valence-electron chi connectivity index (χ1n) is 4.07. The van der Waals surface area contributed by atoms with Crippen molar-refractivity contribution in [3.8, 4) is 0 Å². The van der Waals surface area contributed by atoms with E-state index in [2.05, 4.69) is 36.4 Å². The van der Waals surface area contributed by atoms with Crippen LogP contribution in [0.25, 0.3) is 0 Å². The number of nitrogens with zero attached hydrogens (tertiary/aromatic N) is 3. The average Bonchev–Trinajstić information content (AvgIpc) is 2.68. The van der Waals surface area contributed by atoms with Crippen molar-refractivity contribution in [2.45, 2.75) is 0 Å². The van der Waals surface area contributed by atoms with Gasteiger partial charge in [0.15, 0.2) is 0 Å². The molecular formula is C8H4BrClN4OS. The largest absolute Gasteiger partial charge is 0.318 e. The van der Waals surface area contributed by atoms with E-state index in [1.54, 1.807) is 12.1 Å². The van der Waals surface area contributed by atoms with Crippen molar-refractivity contribution in [3.63, 3.8) is 0 Å². The van der Waals surface area contributed by atoms with E-state index in [0.717, 1.165) is 11.3 Å². The fourth-order valence-electron chi connectivity index (χ4n) is 0.931. The number of aromatic nitrogens is 3. The van der Waals surface area contributed by atoms with E-state index in [0.29, 0.717) is 10.3 Å². The Morgan fingerprint density at radius 2 is 2.25 bits per heavy atom. The lowest BCUT2D eigenvalue weighted by Gasteiger charge is -2.01. The summed E-state index contributed by atoms with van der Waals surface area (Å²) in [6, 6.07) is 3.44. The number of carbonyl (C=O) groups is 1. The van der Waals surface area contributed by atoms with Crippen molar-refractivity contribution in [2.75, 3.05) is 5.32 Å². The highest BCUT2D eigenvalue weighted by Gasteiger charge is 2.11. The van der Waals surface area contributed by atoms with Gasteiger partial charge < -0.3 is 5.32 Å². The average molecular weight is 320 g/mol. The third-order valence-corrected chi connectivity index (χ3v) is 3.07. The summed E-state index contributed by atoms with van der Waals surface area (Å²) in [6.07, 6.45) is 1.53. The predicted molar refractivity (Wildman–Crippen MR) is 64.8 cm³/mol. The van der Waals surface area contributed by atoms with E-state index in [4.69, 9.17) is 11.6 Å². The van der Waals surface area contributed by atoms with Gasteiger partial charge in [0.1, 0.15) is 4.60 Å². The summed E-state index contributed by atoms with van der Waals surface area (Å²) in [5.74, 6) is -0.353. The molecule has 0 aliphatic carbocycles. The van der Waals surface area contributed by atoms with Crippen LogP contribution in [0.3, 0.4) is 0 Å². The summed E-state index contributed by atoms with van der Waals surface area (Å²) in [4.78, 5) is 15.6. The molecule has 2 aromatic heterocycles. The van der Waals surface area contributed by atoms with Gasteiger partial charge in [-0.15, -0.1) is 10.2 Å². The van der Waals surface area contributed by atoms with E-state index >= 15 is 0 Å². The third-order valence-electron chi connectivity index (χ3n) is 1.58. The summed E-state index contributed by atoms with van der Waals surface area (Å²) in [5.41, 5.74) is 0.583. The molecule has 16 heavy (non-hydrogen) atoms. The van der Waals surface area contributed by atoms with Crippen molar-refractivity contribution in [1.82, 2.24) is 15.2 Å². The van der Waals surface area contributed by atoms with E-state index in [1.165, 1.54) is 6.20 Å². The van der Waals surface area contributed by atoms with E-state index in [9.17, 15) is 4.79 Å². The molecule has 2 heterocycles. The molecule has 0 aliphatic rings. The second-order valence-corrected chi connectivity index (χ2v) is 5.06. The molecule has 0 saturated heterocycles. The number of anilines is 1. The number of hydrogen-bond acceptors (Lipinski definition) is 5. The highest BCUT2D eigenvalue weighted by molar-refractivity contribution is 9.10. The zero-order chi connectivity index (χ0) is 11.5. The van der Waals surface area contributed by atoms with Crippen LogP contribution in [0.4, 0.5) is 5.69 Å². The summed E-state index contributed by atoms with van der Waals surface area (Å²) in [5, 5.41) is 10.0. The Bertz CT molecular complexity index is 515. The van der Waals surface area contributed by atoms with Gasteiger partial charge in [0.05, 0.1) is 11.9 Å². The van der Waals surface area contributed by atoms with Crippen LogP contribution in [0.5, 0.6) is 0 Å². The second-order valence-electron chi connectivity index (χ2n) is 2.68. The molecule has 5 nitrogen and oxygen atoms in total. The smallest absolute Gasteiger partial charge is 0.286 e. The maximum atomic E-state index is 11.6. The summed E-state index contributed by atoms with van der Waals surface area (Å²) in [7, 11) is 0. The van der Waals surface area contributed by atoms with Crippen LogP contribution >= 0.6 is 38.9 Å². The molecule has 2 rings (SSSR count). The van der Waals surface area contributed by atoms with Gasteiger partial charge in [0, 0.05) is 0 Å². The quantitative estimate of drug-likeness (QED) is 0.864. The van der Waals surface area contributed by atoms with Crippen molar-refractivity contribution < 1.29 is 4.79 Å². The van der Waals surface area contributed by atoms with Crippen molar-refractivity contribution in [2.24, 2.45) is 0 Å². The summed E-state index contributed by atoms with van der Waals surface area (Å²) >= 11 is 9.79. The molecule has 1 amide bonds. The van der Waals surface area contributed by atoms with Gasteiger partial charge in [-0.05, 0) is 39.7 Å². The van der Waals surface area contributed by atoms with E-state index in [-0.39, 0.29) is 15.4 Å². The molecule has 0 fully saturated rings. The Hall–Kier alpha value is -1.05. The topological polar surface area (TPSA) is 67.8 Å². The number of nitrogens with one attached hydrogen (secondary N) is 1. The molecule has 0 radical (unpaired) electrons. The molecule has 2 aromatic rings. The molecule has 82 valence electrons. The minimum Gasteiger partial charge on any atom is -0.318 e. The summed E-state index contributed by atoms with van der Waals surface area (Å²) < 4.78 is 0.934. The van der Waals surface area contributed by atoms with E-state index in [1.807, 2.05) is 0 Å². The summed E-state index contributed by atoms with van der Waals surface area (Å²) in [6.45, 7) is 0. The van der Waals surface area contributed by atoms with Crippen LogP contribution < -0.4 is 5.32 Å². The number of carbonyl (C=O) groups excluding carboxylic acids is 1. The van der Waals surface area contributed by atoms with Gasteiger partial charge in [-0.2, -0.15) is 0 Å². The number of amides is 1. The van der Waals surface area contributed by atoms with Crippen LogP contribution in [0.1, 0.15) is 9.80 Å². The van der Waals surface area contributed by atoms with Crippen LogP contribution in [0.15, 0.2) is 22.9 Å². The van der Waals surface area contributed by atoms with Crippen molar-refractivity contribution in [1.29, 1.82) is 0 Å². The molecule has 0 aromatic carbocycles. The predicted octanol–water partition coefficient (Wildman–Crippen LogP) is 2.60. The van der Waals surface area contributed by atoms with Gasteiger partial charge in [0.25, 0.3) is 5.91 Å². The fraction of sp³-hybridized carbons (Fsp3) is 0. The SMILES string of the molecule is O=C(Nc1ccc(Br)nc1)c1nnc(Cl)s1. The number of pyridine rings is 1. The lowest BCUT2D eigenvalue weighted by molar-refractivity contribution is 0.102. The molecule has 0 aliphatic heterocycles. The molecule has 0 unspecified atom stereocenters. The fourth-order valence-corrected chi connectivity index (χ4v) is 1.89. The Morgan fingerprint density at radius 3 is 2.81 bits per heavy atom. The van der Waals surface area contributed by atoms with Crippen LogP contribution in [-0.2, 0) is 0 Å². The lowest BCUT2D eigenvalue weighted by Crippen LogP contribution is -2.11. The Labute approximate surface area is 108 Å². The standard InChI is InChI=1S/C8H4BrClN4OS/c9-5-2-1-4(3-11-5)12-6(15)7-13-14-8(10)16-7/h1-3H,(H,12,15). The van der Waals surface area contributed by atoms with Crippen LogP contribution in [0, 0.1) is 0 Å². The maximum absolute atomic E-state index is 11.6. The van der Waals surface area contributed by atoms with Crippen molar-refractivity contribution >= 4 is 50.5 Å². The molecule has 0 bridgehead atoms. The highest BCUT2D eigenvalue weighted by atomic mass is 79.9. The minimum atomic E-state index is -0.353. The number of rotatable bonds is 2. The maximum Gasteiger partial charge on any atom is 0.286 e. The Kier molecular flexibility index (Phi) is 3.47. The Morgan fingerprint density at radius 1 is 1.44 bits per heavy atom. The van der Waals surface area contributed by atoms with Gasteiger partial charge in [-0.25, -0.2) is 4.98 Å². The first kappa shape index (κ1) is 11.4.